The quantitative estimate of drug-likeness (QED) is 0.379. The van der Waals surface area contributed by atoms with Crippen molar-refractivity contribution in [3.8, 4) is 0 Å². The minimum Gasteiger partial charge on any atom is -0.325 e. The number of hydrogen-bond acceptors (Lipinski definition) is 3. The van der Waals surface area contributed by atoms with Crippen molar-refractivity contribution in [2.75, 3.05) is 11.9 Å². The van der Waals surface area contributed by atoms with Crippen LogP contribution in [0.2, 0.25) is 10.0 Å². The van der Waals surface area contributed by atoms with E-state index in [-0.39, 0.29) is 26.2 Å². The number of nitrogens with one attached hydrogen (secondary N) is 1. The molecule has 3 aromatic carbocycles. The average Bonchev–Trinajstić information content (AvgIpc) is 2.75. The number of carbonyl (C=O) groups is 1. The number of rotatable bonds is 7. The predicted octanol–water partition coefficient (Wildman–Crippen LogP) is 5.98. The molecule has 0 aliphatic heterocycles. The van der Waals surface area contributed by atoms with Gasteiger partial charge in [0.15, 0.2) is 0 Å². The van der Waals surface area contributed by atoms with Gasteiger partial charge in [0.1, 0.15) is 5.82 Å². The first kappa shape index (κ1) is 26.0. The lowest BCUT2D eigenvalue weighted by Crippen LogP contribution is -2.37. The maximum atomic E-state index is 14.4. The predicted molar refractivity (Wildman–Crippen MR) is 121 cm³/mol. The molecule has 5 nitrogen and oxygen atoms in total. The molecule has 0 unspecified atom stereocenters. The third-order valence-corrected chi connectivity index (χ3v) is 7.08. The molecule has 0 bridgehead atoms. The minimum absolute atomic E-state index is 0.0192. The number of anilines is 1. The van der Waals surface area contributed by atoms with Gasteiger partial charge in [-0.15, -0.1) is 0 Å². The molecule has 0 aromatic heterocycles. The number of carbonyl (C=O) groups excluding carboxylic acids is 1. The maximum absolute atomic E-state index is 14.4. The van der Waals surface area contributed by atoms with Crippen molar-refractivity contribution < 1.29 is 30.8 Å². The van der Waals surface area contributed by atoms with Crippen molar-refractivity contribution >= 4 is 44.8 Å². The van der Waals surface area contributed by atoms with Crippen LogP contribution in [0.15, 0.2) is 71.6 Å². The van der Waals surface area contributed by atoms with E-state index < -0.39 is 46.6 Å². The molecule has 0 radical (unpaired) electrons. The molecule has 1 N–H and O–H groups in total. The van der Waals surface area contributed by atoms with Gasteiger partial charge in [0.05, 0.1) is 17.0 Å². The molecule has 3 rings (SSSR count). The summed E-state index contributed by atoms with van der Waals surface area (Å²) in [6.45, 7) is -1.34. The Kier molecular flexibility index (Phi) is 7.87. The lowest BCUT2D eigenvalue weighted by Gasteiger charge is -2.23. The Morgan fingerprint density at radius 2 is 1.56 bits per heavy atom. The fraction of sp³-hybridized carbons (Fsp3) is 0.136. The van der Waals surface area contributed by atoms with Crippen molar-refractivity contribution in [3.63, 3.8) is 0 Å². The van der Waals surface area contributed by atoms with Gasteiger partial charge in [-0.3, -0.25) is 4.79 Å². The summed E-state index contributed by atoms with van der Waals surface area (Å²) in [7, 11) is -4.32. The fourth-order valence-corrected chi connectivity index (χ4v) is 4.66. The second-order valence-corrected chi connectivity index (χ2v) is 9.83. The maximum Gasteiger partial charge on any atom is 0.416 e. The number of amides is 1. The van der Waals surface area contributed by atoms with E-state index in [0.717, 1.165) is 30.3 Å². The highest BCUT2D eigenvalue weighted by Gasteiger charge is 2.31. The fourth-order valence-electron chi connectivity index (χ4n) is 2.94. The Hall–Kier alpha value is -2.66. The Morgan fingerprint density at radius 1 is 0.941 bits per heavy atom. The van der Waals surface area contributed by atoms with Crippen LogP contribution in [0.5, 0.6) is 0 Å². The summed E-state index contributed by atoms with van der Waals surface area (Å²) in [5.74, 6) is -1.63. The third-order valence-electron chi connectivity index (χ3n) is 4.66. The summed E-state index contributed by atoms with van der Waals surface area (Å²) in [5, 5.41) is 2.58. The lowest BCUT2D eigenvalue weighted by molar-refractivity contribution is -0.137. The molecule has 1 amide bonds. The third kappa shape index (κ3) is 6.26. The molecule has 180 valence electrons. The van der Waals surface area contributed by atoms with Crippen LogP contribution >= 0.6 is 23.2 Å². The first-order chi connectivity index (χ1) is 15.9. The van der Waals surface area contributed by atoms with Crippen LogP contribution in [0.4, 0.5) is 23.2 Å². The summed E-state index contributed by atoms with van der Waals surface area (Å²) in [5.41, 5.74) is -1.04. The van der Waals surface area contributed by atoms with Gasteiger partial charge in [-0.05, 0) is 60.7 Å². The van der Waals surface area contributed by atoms with E-state index in [1.165, 1.54) is 36.4 Å². The van der Waals surface area contributed by atoms with Crippen molar-refractivity contribution in [1.82, 2.24) is 4.31 Å². The second kappa shape index (κ2) is 10.3. The van der Waals surface area contributed by atoms with Gasteiger partial charge in [-0.25, -0.2) is 12.8 Å². The van der Waals surface area contributed by atoms with Gasteiger partial charge in [0.25, 0.3) is 0 Å². The Labute approximate surface area is 203 Å². The van der Waals surface area contributed by atoms with Crippen LogP contribution in [0.3, 0.4) is 0 Å². The Balaban J connectivity index is 1.89. The number of alkyl halides is 3. The van der Waals surface area contributed by atoms with Crippen molar-refractivity contribution in [1.29, 1.82) is 0 Å². The SMILES string of the molecule is O=C(CN(Cc1c(F)cccc1Cl)S(=O)(=O)c1ccc(Cl)cc1)Nc1ccc(C(F)(F)F)cc1. The molecule has 0 aliphatic rings. The van der Waals surface area contributed by atoms with E-state index in [0.29, 0.717) is 4.31 Å². The van der Waals surface area contributed by atoms with Gasteiger partial charge in [-0.1, -0.05) is 29.3 Å². The van der Waals surface area contributed by atoms with Gasteiger partial charge in [0.2, 0.25) is 15.9 Å². The Bertz CT molecular complexity index is 1260. The monoisotopic (exact) mass is 534 g/mol. The summed E-state index contributed by atoms with van der Waals surface area (Å²) >= 11 is 11.9. The van der Waals surface area contributed by atoms with Crippen LogP contribution in [0, 0.1) is 5.82 Å². The van der Waals surface area contributed by atoms with Crippen LogP contribution in [-0.2, 0) is 27.5 Å². The average molecular weight is 535 g/mol. The van der Waals surface area contributed by atoms with Crippen LogP contribution in [-0.4, -0.2) is 25.2 Å². The molecule has 0 fully saturated rings. The normalized spacial score (nSPS) is 12.1. The van der Waals surface area contributed by atoms with E-state index in [1.807, 2.05) is 0 Å². The lowest BCUT2D eigenvalue weighted by atomic mass is 10.2. The van der Waals surface area contributed by atoms with Gasteiger partial charge in [0, 0.05) is 27.8 Å². The zero-order valence-electron chi connectivity index (χ0n) is 17.1. The number of nitrogens with zero attached hydrogens (tertiary/aromatic N) is 1. The number of benzene rings is 3. The Morgan fingerprint density at radius 3 is 2.12 bits per heavy atom. The highest BCUT2D eigenvalue weighted by Crippen LogP contribution is 2.30. The topological polar surface area (TPSA) is 66.5 Å². The van der Waals surface area contributed by atoms with E-state index in [2.05, 4.69) is 5.32 Å². The van der Waals surface area contributed by atoms with E-state index in [9.17, 15) is 30.8 Å². The van der Waals surface area contributed by atoms with Crippen molar-refractivity contribution in [2.45, 2.75) is 17.6 Å². The first-order valence-corrected chi connectivity index (χ1v) is 11.7. The van der Waals surface area contributed by atoms with E-state index in [1.54, 1.807) is 0 Å². The molecule has 0 atom stereocenters. The summed E-state index contributed by atoms with van der Waals surface area (Å²) in [6, 6.07) is 12.5. The molecule has 0 aliphatic carbocycles. The molecule has 12 heteroatoms. The zero-order chi connectivity index (χ0) is 25.1. The van der Waals surface area contributed by atoms with Crippen molar-refractivity contribution in [2.24, 2.45) is 0 Å². The zero-order valence-corrected chi connectivity index (χ0v) is 19.4. The largest absolute Gasteiger partial charge is 0.416 e. The summed E-state index contributed by atoms with van der Waals surface area (Å²) in [4.78, 5) is 12.4. The number of sulfonamides is 1. The molecule has 3 aromatic rings. The van der Waals surface area contributed by atoms with Gasteiger partial charge < -0.3 is 5.32 Å². The summed E-state index contributed by atoms with van der Waals surface area (Å²) in [6.07, 6.45) is -4.55. The molecular formula is C22H16Cl2F4N2O3S. The smallest absolute Gasteiger partial charge is 0.325 e. The van der Waals surface area contributed by atoms with Gasteiger partial charge >= 0.3 is 6.18 Å². The minimum atomic E-state index is -4.55. The first-order valence-electron chi connectivity index (χ1n) is 9.53. The van der Waals surface area contributed by atoms with E-state index in [4.69, 9.17) is 23.2 Å². The second-order valence-electron chi connectivity index (χ2n) is 7.05. The standard InChI is InChI=1S/C22H16Cl2F4N2O3S/c23-15-6-10-17(11-7-15)34(32,33)30(12-18-19(24)2-1-3-20(18)25)13-21(31)29-16-8-4-14(5-9-16)22(26,27)28/h1-11H,12-13H2,(H,29,31). The van der Waals surface area contributed by atoms with Gasteiger partial charge in [-0.2, -0.15) is 17.5 Å². The van der Waals surface area contributed by atoms with Crippen LogP contribution < -0.4 is 5.32 Å². The van der Waals surface area contributed by atoms with E-state index >= 15 is 0 Å². The highest BCUT2D eigenvalue weighted by atomic mass is 35.5. The molecule has 0 spiro atoms. The van der Waals surface area contributed by atoms with Crippen LogP contribution in [0.25, 0.3) is 0 Å². The molecule has 34 heavy (non-hydrogen) atoms. The van der Waals surface area contributed by atoms with Crippen LogP contribution in [0.1, 0.15) is 11.1 Å². The highest BCUT2D eigenvalue weighted by molar-refractivity contribution is 7.89. The molecule has 0 saturated heterocycles. The number of hydrogen-bond donors (Lipinski definition) is 1. The van der Waals surface area contributed by atoms with Crippen molar-refractivity contribution in [3.05, 3.63) is 93.7 Å². The summed E-state index contributed by atoms with van der Waals surface area (Å²) < 4.78 is 79.7. The number of halogens is 6. The molecule has 0 saturated carbocycles. The molecule has 0 heterocycles. The molecular weight excluding hydrogens is 519 g/mol.